The minimum Gasteiger partial charge on any atom is -0.467 e. The van der Waals surface area contributed by atoms with Crippen molar-refractivity contribution in [2.45, 2.75) is 51.5 Å². The molecule has 104 valence electrons. The number of anilines is 1. The molecule has 0 spiro atoms. The minimum atomic E-state index is -0.232. The second-order valence-electron chi connectivity index (χ2n) is 5.20. The summed E-state index contributed by atoms with van der Waals surface area (Å²) in [5, 5.41) is 3.32. The predicted molar refractivity (Wildman–Crippen MR) is 77.4 cm³/mol. The van der Waals surface area contributed by atoms with E-state index in [4.69, 9.17) is 4.74 Å². The van der Waals surface area contributed by atoms with Crippen molar-refractivity contribution in [3.8, 4) is 0 Å². The van der Waals surface area contributed by atoms with Crippen LogP contribution in [0.25, 0.3) is 0 Å². The van der Waals surface area contributed by atoms with Crippen molar-refractivity contribution in [2.75, 3.05) is 12.4 Å². The molecule has 1 unspecified atom stereocenters. The molecule has 0 saturated heterocycles. The molecular weight excluding hydrogens is 238 g/mol. The van der Waals surface area contributed by atoms with Gasteiger partial charge in [-0.1, -0.05) is 25.8 Å². The van der Waals surface area contributed by atoms with Gasteiger partial charge in [0.05, 0.1) is 7.11 Å². The maximum atomic E-state index is 11.8. The Morgan fingerprint density at radius 2 is 2.16 bits per heavy atom. The normalized spacial score (nSPS) is 14.8. The predicted octanol–water partition coefficient (Wildman–Crippen LogP) is 3.32. The molecule has 0 bridgehead atoms. The van der Waals surface area contributed by atoms with Crippen LogP contribution < -0.4 is 5.32 Å². The first kappa shape index (κ1) is 13.9. The first-order valence-corrected chi connectivity index (χ1v) is 7.20. The molecule has 1 aromatic carbocycles. The van der Waals surface area contributed by atoms with Crippen LogP contribution in [0.3, 0.4) is 0 Å². The van der Waals surface area contributed by atoms with Gasteiger partial charge in [-0.25, -0.2) is 4.79 Å². The molecule has 0 radical (unpaired) electrons. The number of nitrogens with one attached hydrogen (secondary N) is 1. The van der Waals surface area contributed by atoms with Crippen molar-refractivity contribution in [1.82, 2.24) is 0 Å². The first-order valence-electron chi connectivity index (χ1n) is 7.20. The number of aryl methyl sites for hydroxylation is 2. The Balaban J connectivity index is 2.05. The molecule has 2 rings (SSSR count). The van der Waals surface area contributed by atoms with E-state index in [9.17, 15) is 4.79 Å². The van der Waals surface area contributed by atoms with Crippen molar-refractivity contribution >= 4 is 11.7 Å². The van der Waals surface area contributed by atoms with E-state index in [1.807, 2.05) is 0 Å². The Hall–Kier alpha value is -1.51. The van der Waals surface area contributed by atoms with Gasteiger partial charge in [-0.15, -0.1) is 0 Å². The fraction of sp³-hybridized carbons (Fsp3) is 0.562. The second-order valence-corrected chi connectivity index (χ2v) is 5.20. The number of carbonyl (C=O) groups excluding carboxylic acids is 1. The van der Waals surface area contributed by atoms with Crippen LogP contribution in [-0.2, 0) is 22.4 Å². The smallest absolute Gasteiger partial charge is 0.328 e. The standard InChI is InChI=1S/C16H23NO2/c1-3-4-8-15(16(18)19-2)17-14-10-9-12-6-5-7-13(12)11-14/h9-11,15,17H,3-8H2,1-2H3. The highest BCUT2D eigenvalue weighted by Crippen LogP contribution is 2.25. The van der Waals surface area contributed by atoms with Gasteiger partial charge in [0, 0.05) is 5.69 Å². The Morgan fingerprint density at radius 1 is 1.37 bits per heavy atom. The molecule has 0 aliphatic heterocycles. The first-order chi connectivity index (χ1) is 9.24. The van der Waals surface area contributed by atoms with Crippen LogP contribution in [0, 0.1) is 0 Å². The summed E-state index contributed by atoms with van der Waals surface area (Å²) >= 11 is 0. The number of carbonyl (C=O) groups is 1. The van der Waals surface area contributed by atoms with Gasteiger partial charge in [-0.3, -0.25) is 0 Å². The summed E-state index contributed by atoms with van der Waals surface area (Å²) in [4.78, 5) is 11.8. The maximum Gasteiger partial charge on any atom is 0.328 e. The van der Waals surface area contributed by atoms with E-state index in [0.717, 1.165) is 31.4 Å². The van der Waals surface area contributed by atoms with Crippen LogP contribution >= 0.6 is 0 Å². The number of unbranched alkanes of at least 4 members (excludes halogenated alkanes) is 1. The third-order valence-electron chi connectivity index (χ3n) is 3.77. The third kappa shape index (κ3) is 3.49. The van der Waals surface area contributed by atoms with Crippen LogP contribution in [0.4, 0.5) is 5.69 Å². The van der Waals surface area contributed by atoms with Crippen LogP contribution in [0.5, 0.6) is 0 Å². The Labute approximate surface area is 115 Å². The molecule has 0 saturated carbocycles. The van der Waals surface area contributed by atoms with Gasteiger partial charge in [-0.05, 0) is 48.9 Å². The quantitative estimate of drug-likeness (QED) is 0.798. The largest absolute Gasteiger partial charge is 0.467 e. The lowest BCUT2D eigenvalue weighted by Crippen LogP contribution is -2.30. The highest BCUT2D eigenvalue weighted by Gasteiger charge is 2.19. The molecule has 1 aromatic rings. The van der Waals surface area contributed by atoms with E-state index in [-0.39, 0.29) is 12.0 Å². The van der Waals surface area contributed by atoms with Crippen LogP contribution in [-0.4, -0.2) is 19.1 Å². The SMILES string of the molecule is CCCCC(Nc1ccc2c(c1)CCC2)C(=O)OC. The number of hydrogen-bond donors (Lipinski definition) is 1. The number of fused-ring (bicyclic) bond motifs is 1. The number of hydrogen-bond acceptors (Lipinski definition) is 3. The zero-order valence-electron chi connectivity index (χ0n) is 11.9. The Kier molecular flexibility index (Phi) is 4.83. The lowest BCUT2D eigenvalue weighted by molar-refractivity contribution is -0.141. The fourth-order valence-corrected chi connectivity index (χ4v) is 2.66. The average Bonchev–Trinajstić information content (AvgIpc) is 2.90. The van der Waals surface area contributed by atoms with E-state index in [1.165, 1.54) is 31.1 Å². The Morgan fingerprint density at radius 3 is 2.89 bits per heavy atom. The molecule has 1 aliphatic rings. The molecular formula is C16H23NO2. The summed E-state index contributed by atoms with van der Waals surface area (Å²) in [5.74, 6) is -0.172. The average molecular weight is 261 g/mol. The zero-order valence-corrected chi connectivity index (χ0v) is 11.9. The molecule has 0 heterocycles. The van der Waals surface area contributed by atoms with Gasteiger partial charge >= 0.3 is 5.97 Å². The molecule has 3 heteroatoms. The highest BCUT2D eigenvalue weighted by molar-refractivity contribution is 5.79. The summed E-state index contributed by atoms with van der Waals surface area (Å²) < 4.78 is 4.87. The topological polar surface area (TPSA) is 38.3 Å². The monoisotopic (exact) mass is 261 g/mol. The lowest BCUT2D eigenvalue weighted by Gasteiger charge is -2.18. The van der Waals surface area contributed by atoms with Gasteiger partial charge in [0.2, 0.25) is 0 Å². The lowest BCUT2D eigenvalue weighted by atomic mass is 10.1. The van der Waals surface area contributed by atoms with E-state index in [0.29, 0.717) is 0 Å². The van der Waals surface area contributed by atoms with Gasteiger partial charge in [-0.2, -0.15) is 0 Å². The van der Waals surface area contributed by atoms with Crippen molar-refractivity contribution < 1.29 is 9.53 Å². The van der Waals surface area contributed by atoms with E-state index in [1.54, 1.807) is 0 Å². The summed E-state index contributed by atoms with van der Waals surface area (Å²) in [6.07, 6.45) is 6.51. The second kappa shape index (κ2) is 6.60. The number of rotatable bonds is 6. The molecule has 1 atom stereocenters. The number of methoxy groups -OCH3 is 1. The van der Waals surface area contributed by atoms with Crippen molar-refractivity contribution in [3.05, 3.63) is 29.3 Å². The zero-order chi connectivity index (χ0) is 13.7. The molecule has 0 amide bonds. The van der Waals surface area contributed by atoms with Crippen LogP contribution in [0.15, 0.2) is 18.2 Å². The highest BCUT2D eigenvalue weighted by atomic mass is 16.5. The fourth-order valence-electron chi connectivity index (χ4n) is 2.66. The minimum absolute atomic E-state index is 0.172. The van der Waals surface area contributed by atoms with Crippen molar-refractivity contribution in [3.63, 3.8) is 0 Å². The third-order valence-corrected chi connectivity index (χ3v) is 3.77. The summed E-state index contributed by atoms with van der Waals surface area (Å²) in [5.41, 5.74) is 3.91. The molecule has 0 aromatic heterocycles. The maximum absolute atomic E-state index is 11.8. The Bertz CT molecular complexity index is 442. The molecule has 0 fully saturated rings. The van der Waals surface area contributed by atoms with Gasteiger partial charge in [0.1, 0.15) is 6.04 Å². The van der Waals surface area contributed by atoms with Gasteiger partial charge in [0.25, 0.3) is 0 Å². The molecule has 19 heavy (non-hydrogen) atoms. The molecule has 1 N–H and O–H groups in total. The summed E-state index contributed by atoms with van der Waals surface area (Å²) in [7, 11) is 1.45. The number of ether oxygens (including phenoxy) is 1. The molecule has 1 aliphatic carbocycles. The van der Waals surface area contributed by atoms with Crippen molar-refractivity contribution in [2.24, 2.45) is 0 Å². The van der Waals surface area contributed by atoms with Crippen LogP contribution in [0.1, 0.15) is 43.7 Å². The number of esters is 1. The van der Waals surface area contributed by atoms with Crippen molar-refractivity contribution in [1.29, 1.82) is 0 Å². The number of benzene rings is 1. The van der Waals surface area contributed by atoms with Gasteiger partial charge in [0.15, 0.2) is 0 Å². The van der Waals surface area contributed by atoms with E-state index >= 15 is 0 Å². The van der Waals surface area contributed by atoms with E-state index in [2.05, 4.69) is 30.4 Å². The van der Waals surface area contributed by atoms with Gasteiger partial charge < -0.3 is 10.1 Å². The van der Waals surface area contributed by atoms with Crippen LogP contribution in [0.2, 0.25) is 0 Å². The van der Waals surface area contributed by atoms with E-state index < -0.39 is 0 Å². The molecule has 3 nitrogen and oxygen atoms in total. The summed E-state index contributed by atoms with van der Waals surface area (Å²) in [6, 6.07) is 6.21. The summed E-state index contributed by atoms with van der Waals surface area (Å²) in [6.45, 7) is 2.13.